The lowest BCUT2D eigenvalue weighted by molar-refractivity contribution is 0.108. The molecule has 0 saturated heterocycles. The number of pyridine rings is 1. The Labute approximate surface area is 103 Å². The minimum absolute atomic E-state index is 0.407. The number of ether oxygens (including phenoxy) is 1. The van der Waals surface area contributed by atoms with Gasteiger partial charge in [-0.1, -0.05) is 6.07 Å². The van der Waals surface area contributed by atoms with Crippen molar-refractivity contribution in [2.45, 2.75) is 38.3 Å². The van der Waals surface area contributed by atoms with Gasteiger partial charge in [0, 0.05) is 19.7 Å². The minimum Gasteiger partial charge on any atom is -0.381 e. The molecular weight excluding hydrogens is 214 g/mol. The summed E-state index contributed by atoms with van der Waals surface area (Å²) in [6.07, 6.45) is 3.78. The molecule has 1 fully saturated rings. The number of aromatic nitrogens is 1. The Morgan fingerprint density at radius 2 is 2.18 bits per heavy atom. The van der Waals surface area contributed by atoms with Gasteiger partial charge in [-0.2, -0.15) is 0 Å². The highest BCUT2D eigenvalue weighted by Gasteiger charge is 2.24. The Morgan fingerprint density at radius 3 is 2.88 bits per heavy atom. The first-order chi connectivity index (χ1) is 8.31. The van der Waals surface area contributed by atoms with Crippen LogP contribution in [-0.2, 0) is 4.74 Å². The van der Waals surface area contributed by atoms with E-state index in [9.17, 15) is 0 Å². The van der Waals surface area contributed by atoms with Gasteiger partial charge in [0.1, 0.15) is 11.6 Å². The van der Waals surface area contributed by atoms with Crippen LogP contribution < -0.4 is 10.6 Å². The van der Waals surface area contributed by atoms with Crippen LogP contribution in [0.2, 0.25) is 0 Å². The zero-order valence-electron chi connectivity index (χ0n) is 10.6. The van der Waals surface area contributed by atoms with Crippen LogP contribution in [0.5, 0.6) is 0 Å². The second kappa shape index (κ2) is 5.87. The topological polar surface area (TPSA) is 46.2 Å². The molecule has 1 aliphatic rings. The summed E-state index contributed by atoms with van der Waals surface area (Å²) in [6, 6.07) is 6.52. The fraction of sp³-hybridized carbons (Fsp3) is 0.615. The largest absolute Gasteiger partial charge is 0.381 e. The second-order valence-electron chi connectivity index (χ2n) is 4.45. The fourth-order valence-corrected chi connectivity index (χ4v) is 2.29. The number of anilines is 2. The molecule has 2 atom stereocenters. The Morgan fingerprint density at radius 1 is 1.35 bits per heavy atom. The van der Waals surface area contributed by atoms with Gasteiger partial charge in [0.05, 0.1) is 6.10 Å². The molecule has 1 saturated carbocycles. The summed E-state index contributed by atoms with van der Waals surface area (Å²) in [5.41, 5.74) is 0. The van der Waals surface area contributed by atoms with Gasteiger partial charge in [0.2, 0.25) is 0 Å². The van der Waals surface area contributed by atoms with Crippen LogP contribution in [-0.4, -0.2) is 30.8 Å². The Bertz CT molecular complexity index is 356. The SMILES string of the molecule is CCNc1cccc(NC2CCC(OC)C2)n1. The van der Waals surface area contributed by atoms with E-state index in [4.69, 9.17) is 4.74 Å². The molecular formula is C13H21N3O. The lowest BCUT2D eigenvalue weighted by Gasteiger charge is -2.14. The number of hydrogen-bond donors (Lipinski definition) is 2. The van der Waals surface area contributed by atoms with Crippen LogP contribution in [0.4, 0.5) is 11.6 Å². The fourth-order valence-electron chi connectivity index (χ4n) is 2.29. The van der Waals surface area contributed by atoms with E-state index in [1.807, 2.05) is 18.2 Å². The second-order valence-corrected chi connectivity index (χ2v) is 4.45. The zero-order chi connectivity index (χ0) is 12.1. The van der Waals surface area contributed by atoms with Crippen LogP contribution in [0, 0.1) is 0 Å². The predicted molar refractivity (Wildman–Crippen MR) is 70.5 cm³/mol. The van der Waals surface area contributed by atoms with E-state index < -0.39 is 0 Å². The van der Waals surface area contributed by atoms with Crippen molar-refractivity contribution < 1.29 is 4.74 Å². The average Bonchev–Trinajstić information content (AvgIpc) is 2.78. The molecule has 2 unspecified atom stereocenters. The van der Waals surface area contributed by atoms with Crippen LogP contribution >= 0.6 is 0 Å². The van der Waals surface area contributed by atoms with Gasteiger partial charge in [-0.3, -0.25) is 0 Å². The van der Waals surface area contributed by atoms with Crippen molar-refractivity contribution in [3.8, 4) is 0 Å². The average molecular weight is 235 g/mol. The molecule has 1 heterocycles. The standard InChI is InChI=1S/C13H21N3O/c1-3-14-12-5-4-6-13(16-12)15-10-7-8-11(9-10)17-2/h4-6,10-11H,3,7-9H2,1-2H3,(H2,14,15,16). The van der Waals surface area contributed by atoms with Gasteiger partial charge in [-0.25, -0.2) is 4.98 Å². The molecule has 4 heteroatoms. The molecule has 2 N–H and O–H groups in total. The highest BCUT2D eigenvalue weighted by Crippen LogP contribution is 2.24. The van der Waals surface area contributed by atoms with Crippen molar-refractivity contribution in [2.24, 2.45) is 0 Å². The highest BCUT2D eigenvalue weighted by molar-refractivity contribution is 5.45. The molecule has 0 spiro atoms. The number of nitrogens with one attached hydrogen (secondary N) is 2. The molecule has 4 nitrogen and oxygen atoms in total. The third-order valence-corrected chi connectivity index (χ3v) is 3.18. The maximum Gasteiger partial charge on any atom is 0.128 e. The summed E-state index contributed by atoms with van der Waals surface area (Å²) in [5, 5.41) is 6.69. The van der Waals surface area contributed by atoms with E-state index in [0.717, 1.165) is 37.4 Å². The molecule has 17 heavy (non-hydrogen) atoms. The minimum atomic E-state index is 0.407. The molecule has 0 bridgehead atoms. The summed E-state index contributed by atoms with van der Waals surface area (Å²) in [5.74, 6) is 1.88. The van der Waals surface area contributed by atoms with E-state index in [-0.39, 0.29) is 0 Å². The maximum absolute atomic E-state index is 5.37. The van der Waals surface area contributed by atoms with E-state index in [0.29, 0.717) is 12.1 Å². The van der Waals surface area contributed by atoms with Gasteiger partial charge in [-0.15, -0.1) is 0 Å². The van der Waals surface area contributed by atoms with Gasteiger partial charge >= 0.3 is 0 Å². The Hall–Kier alpha value is -1.29. The van der Waals surface area contributed by atoms with Crippen LogP contribution in [0.1, 0.15) is 26.2 Å². The lowest BCUT2D eigenvalue weighted by atomic mass is 10.2. The summed E-state index contributed by atoms with van der Waals surface area (Å²) < 4.78 is 5.37. The quantitative estimate of drug-likeness (QED) is 0.823. The molecule has 1 aliphatic carbocycles. The van der Waals surface area contributed by atoms with E-state index >= 15 is 0 Å². The van der Waals surface area contributed by atoms with E-state index in [1.54, 1.807) is 7.11 Å². The molecule has 2 rings (SSSR count). The van der Waals surface area contributed by atoms with Gasteiger partial charge in [0.15, 0.2) is 0 Å². The third-order valence-electron chi connectivity index (χ3n) is 3.18. The summed E-state index contributed by atoms with van der Waals surface area (Å²) in [4.78, 5) is 4.51. The third kappa shape index (κ3) is 3.33. The number of hydrogen-bond acceptors (Lipinski definition) is 4. The summed E-state index contributed by atoms with van der Waals surface area (Å²) in [6.45, 7) is 2.97. The normalized spacial score (nSPS) is 23.6. The van der Waals surface area contributed by atoms with E-state index in [1.165, 1.54) is 0 Å². The van der Waals surface area contributed by atoms with Crippen LogP contribution in [0.3, 0.4) is 0 Å². The first-order valence-corrected chi connectivity index (χ1v) is 6.32. The molecule has 0 radical (unpaired) electrons. The predicted octanol–water partition coefficient (Wildman–Crippen LogP) is 2.49. The van der Waals surface area contributed by atoms with Crippen molar-refractivity contribution in [2.75, 3.05) is 24.3 Å². The van der Waals surface area contributed by atoms with Crippen molar-refractivity contribution in [3.63, 3.8) is 0 Å². The smallest absolute Gasteiger partial charge is 0.128 e. The van der Waals surface area contributed by atoms with Gasteiger partial charge in [-0.05, 0) is 38.3 Å². The van der Waals surface area contributed by atoms with Crippen molar-refractivity contribution in [1.82, 2.24) is 4.98 Å². The molecule has 0 aliphatic heterocycles. The monoisotopic (exact) mass is 235 g/mol. The molecule has 1 aromatic rings. The summed E-state index contributed by atoms with van der Waals surface area (Å²) >= 11 is 0. The zero-order valence-corrected chi connectivity index (χ0v) is 10.6. The van der Waals surface area contributed by atoms with Crippen LogP contribution in [0.15, 0.2) is 18.2 Å². The Balaban J connectivity index is 1.92. The highest BCUT2D eigenvalue weighted by atomic mass is 16.5. The van der Waals surface area contributed by atoms with Gasteiger partial charge in [0.25, 0.3) is 0 Å². The molecule has 0 amide bonds. The van der Waals surface area contributed by atoms with Crippen molar-refractivity contribution in [3.05, 3.63) is 18.2 Å². The maximum atomic E-state index is 5.37. The number of nitrogens with zero attached hydrogens (tertiary/aromatic N) is 1. The lowest BCUT2D eigenvalue weighted by Crippen LogP contribution is -2.18. The van der Waals surface area contributed by atoms with Gasteiger partial charge < -0.3 is 15.4 Å². The number of rotatable bonds is 5. The Kier molecular flexibility index (Phi) is 4.20. The first kappa shape index (κ1) is 12.2. The van der Waals surface area contributed by atoms with Crippen molar-refractivity contribution >= 4 is 11.6 Å². The molecule has 1 aromatic heterocycles. The van der Waals surface area contributed by atoms with Crippen molar-refractivity contribution in [1.29, 1.82) is 0 Å². The molecule has 0 aromatic carbocycles. The van der Waals surface area contributed by atoms with E-state index in [2.05, 4.69) is 22.5 Å². The molecule has 94 valence electrons. The van der Waals surface area contributed by atoms with Crippen LogP contribution in [0.25, 0.3) is 0 Å². The summed E-state index contributed by atoms with van der Waals surface area (Å²) in [7, 11) is 1.79. The number of methoxy groups -OCH3 is 1. The first-order valence-electron chi connectivity index (χ1n) is 6.32.